The quantitative estimate of drug-likeness (QED) is 0.751. The summed E-state index contributed by atoms with van der Waals surface area (Å²) >= 11 is 0. The lowest BCUT2D eigenvalue weighted by atomic mass is 9.38. The van der Waals surface area contributed by atoms with Crippen LogP contribution in [0, 0.1) is 51.2 Å². The minimum absolute atomic E-state index is 0.0292. The Labute approximate surface area is 157 Å². The summed E-state index contributed by atoms with van der Waals surface area (Å²) in [7, 11) is 0. The van der Waals surface area contributed by atoms with Gasteiger partial charge in [-0.15, -0.1) is 0 Å². The van der Waals surface area contributed by atoms with Crippen LogP contribution in [-0.4, -0.2) is 28.2 Å². The zero-order chi connectivity index (χ0) is 18.9. The van der Waals surface area contributed by atoms with Gasteiger partial charge in [0.2, 0.25) is 0 Å². The Morgan fingerprint density at radius 2 is 1.85 bits per heavy atom. The Hall–Kier alpha value is -0.920. The molecule has 0 aliphatic heterocycles. The molecule has 4 heteroatoms. The molecule has 0 aromatic carbocycles. The molecule has 0 spiro atoms. The zero-order valence-electron chi connectivity index (χ0n) is 16.4. The van der Waals surface area contributed by atoms with Crippen LogP contribution in [0.25, 0.3) is 0 Å². The van der Waals surface area contributed by atoms with Gasteiger partial charge in [-0.2, -0.15) is 5.26 Å². The van der Waals surface area contributed by atoms with Gasteiger partial charge in [-0.05, 0) is 80.0 Å². The van der Waals surface area contributed by atoms with Crippen molar-refractivity contribution in [3.63, 3.8) is 0 Å². The van der Waals surface area contributed by atoms with Crippen molar-refractivity contribution < 1.29 is 15.0 Å². The lowest BCUT2D eigenvalue weighted by molar-refractivity contribution is -0.209. The van der Waals surface area contributed by atoms with Gasteiger partial charge in [0.05, 0.1) is 12.2 Å². The smallest absolute Gasteiger partial charge is 0.178 e. The molecule has 4 saturated carbocycles. The van der Waals surface area contributed by atoms with Gasteiger partial charge in [-0.1, -0.05) is 20.8 Å². The summed E-state index contributed by atoms with van der Waals surface area (Å²) in [5.74, 6) is 0.616. The number of aliphatic hydroxyl groups is 2. The third-order valence-corrected chi connectivity index (χ3v) is 9.82. The van der Waals surface area contributed by atoms with Crippen LogP contribution in [0.5, 0.6) is 0 Å². The average molecular weight is 360 g/mol. The third-order valence-electron chi connectivity index (χ3n) is 9.82. The molecule has 4 aliphatic rings. The molecule has 4 fully saturated rings. The first-order valence-corrected chi connectivity index (χ1v) is 10.5. The number of nitrogens with zero attached hydrogens (tertiary/aromatic N) is 1. The maximum atomic E-state index is 12.6. The van der Waals surface area contributed by atoms with E-state index >= 15 is 0 Å². The van der Waals surface area contributed by atoms with Crippen molar-refractivity contribution in [2.45, 2.75) is 84.3 Å². The van der Waals surface area contributed by atoms with Gasteiger partial charge >= 0.3 is 0 Å². The number of carbonyl (C=O) groups excluding carboxylic acids is 1. The van der Waals surface area contributed by atoms with Gasteiger partial charge in [-0.25, -0.2) is 0 Å². The fourth-order valence-electron chi connectivity index (χ4n) is 8.21. The molecule has 4 rings (SSSR count). The summed E-state index contributed by atoms with van der Waals surface area (Å²) in [6.07, 6.45) is 6.19. The molecule has 0 aromatic heterocycles. The first-order valence-electron chi connectivity index (χ1n) is 10.5. The summed E-state index contributed by atoms with van der Waals surface area (Å²) in [4.78, 5) is 12.6. The van der Waals surface area contributed by atoms with Gasteiger partial charge in [0.25, 0.3) is 0 Å². The zero-order valence-corrected chi connectivity index (χ0v) is 16.4. The van der Waals surface area contributed by atoms with Crippen LogP contribution >= 0.6 is 0 Å². The molecule has 0 aromatic rings. The van der Waals surface area contributed by atoms with Crippen LogP contribution in [0.4, 0.5) is 0 Å². The Bertz CT molecular complexity index is 656. The lowest BCUT2D eigenvalue weighted by Crippen LogP contribution is -2.65. The highest BCUT2D eigenvalue weighted by Gasteiger charge is 2.68. The van der Waals surface area contributed by atoms with E-state index in [2.05, 4.69) is 26.8 Å². The van der Waals surface area contributed by atoms with E-state index in [0.29, 0.717) is 24.2 Å². The number of rotatable bonds is 1. The second-order valence-electron chi connectivity index (χ2n) is 10.2. The predicted octanol–water partition coefficient (Wildman–Crippen LogP) is 3.46. The molecule has 0 heterocycles. The van der Waals surface area contributed by atoms with Gasteiger partial charge in [0.1, 0.15) is 12.0 Å². The molecule has 0 saturated heterocycles. The molecule has 0 bridgehead atoms. The number of aliphatic hydroxyl groups excluding tert-OH is 2. The fourth-order valence-corrected chi connectivity index (χ4v) is 8.21. The van der Waals surface area contributed by atoms with E-state index in [1.807, 2.05) is 0 Å². The number of hydrogen-bond donors (Lipinski definition) is 2. The van der Waals surface area contributed by atoms with E-state index in [-0.39, 0.29) is 28.1 Å². The molecular formula is C22H33NO3. The van der Waals surface area contributed by atoms with Gasteiger partial charge in [0, 0.05) is 5.41 Å². The summed E-state index contributed by atoms with van der Waals surface area (Å²) < 4.78 is 0. The van der Waals surface area contributed by atoms with Crippen LogP contribution in [0.2, 0.25) is 0 Å². The SMILES string of the molecule is CC[C@@]12CCC3C4CC[C@H](O)C4(C)CCC3[C@@]1(C)C[C@@H](C#N)C(=O)[C@H]2O. The highest BCUT2D eigenvalue weighted by Crippen LogP contribution is 2.70. The van der Waals surface area contributed by atoms with E-state index in [4.69, 9.17) is 0 Å². The molecule has 9 atom stereocenters. The number of ketones is 1. The second-order valence-corrected chi connectivity index (χ2v) is 10.2. The first kappa shape index (κ1) is 18.4. The Morgan fingerprint density at radius 1 is 1.12 bits per heavy atom. The molecule has 4 unspecified atom stereocenters. The molecule has 4 nitrogen and oxygen atoms in total. The number of hydrogen-bond acceptors (Lipinski definition) is 4. The monoisotopic (exact) mass is 359 g/mol. The maximum Gasteiger partial charge on any atom is 0.178 e. The lowest BCUT2D eigenvalue weighted by Gasteiger charge is -2.66. The minimum Gasteiger partial charge on any atom is -0.393 e. The Morgan fingerprint density at radius 3 is 2.50 bits per heavy atom. The fraction of sp³-hybridized carbons (Fsp3) is 0.909. The largest absolute Gasteiger partial charge is 0.393 e. The standard InChI is InChI=1S/C22H33NO3/c1-4-22-10-7-14-15-5-6-17(24)20(15,2)9-8-16(14)21(22,3)11-13(12-23)18(25)19(22)26/h13-17,19,24,26H,4-11H2,1-3H3/t13-,14?,15?,16?,17-,19+,20?,21+,22-/m0/s1. The number of carbonyl (C=O) groups is 1. The number of nitriles is 1. The van der Waals surface area contributed by atoms with Crippen molar-refractivity contribution in [1.29, 1.82) is 5.26 Å². The van der Waals surface area contributed by atoms with Gasteiger partial charge in [0.15, 0.2) is 5.78 Å². The maximum absolute atomic E-state index is 12.6. The first-order chi connectivity index (χ1) is 12.2. The summed E-state index contributed by atoms with van der Waals surface area (Å²) in [5, 5.41) is 31.2. The van der Waals surface area contributed by atoms with E-state index in [1.54, 1.807) is 0 Å². The van der Waals surface area contributed by atoms with Crippen molar-refractivity contribution in [2.24, 2.45) is 39.9 Å². The average Bonchev–Trinajstić information content (AvgIpc) is 2.93. The van der Waals surface area contributed by atoms with Crippen molar-refractivity contribution in [3.05, 3.63) is 0 Å². The van der Waals surface area contributed by atoms with Crippen LogP contribution < -0.4 is 0 Å². The van der Waals surface area contributed by atoms with Gasteiger partial charge in [-0.3, -0.25) is 4.79 Å². The van der Waals surface area contributed by atoms with Gasteiger partial charge < -0.3 is 10.2 Å². The molecule has 0 amide bonds. The van der Waals surface area contributed by atoms with Crippen molar-refractivity contribution in [2.75, 3.05) is 0 Å². The van der Waals surface area contributed by atoms with E-state index in [9.17, 15) is 20.3 Å². The van der Waals surface area contributed by atoms with Crippen LogP contribution in [0.15, 0.2) is 0 Å². The molecule has 26 heavy (non-hydrogen) atoms. The summed E-state index contributed by atoms with van der Waals surface area (Å²) in [5.41, 5.74) is -0.529. The van der Waals surface area contributed by atoms with Crippen LogP contribution in [0.3, 0.4) is 0 Å². The number of Topliss-reactive ketones (excluding diaryl/α,β-unsaturated/α-hetero) is 1. The Kier molecular flexibility index (Phi) is 4.11. The minimum atomic E-state index is -1.00. The highest BCUT2D eigenvalue weighted by molar-refractivity contribution is 5.89. The number of fused-ring (bicyclic) bond motifs is 5. The Balaban J connectivity index is 1.76. The molecule has 2 N–H and O–H groups in total. The summed E-state index contributed by atoms with van der Waals surface area (Å²) in [6, 6.07) is 2.19. The van der Waals surface area contributed by atoms with Crippen molar-refractivity contribution in [1.82, 2.24) is 0 Å². The molecule has 0 radical (unpaired) electrons. The third kappa shape index (κ3) is 2.00. The predicted molar refractivity (Wildman–Crippen MR) is 97.9 cm³/mol. The molecular weight excluding hydrogens is 326 g/mol. The van der Waals surface area contributed by atoms with Crippen LogP contribution in [0.1, 0.15) is 72.1 Å². The molecule has 144 valence electrons. The topological polar surface area (TPSA) is 81.3 Å². The van der Waals surface area contributed by atoms with Crippen molar-refractivity contribution >= 4 is 5.78 Å². The van der Waals surface area contributed by atoms with Crippen molar-refractivity contribution in [3.8, 4) is 6.07 Å². The molecule has 4 aliphatic carbocycles. The normalized spacial score (nSPS) is 56.2. The van der Waals surface area contributed by atoms with E-state index in [1.165, 1.54) is 0 Å². The highest BCUT2D eigenvalue weighted by atomic mass is 16.3. The second kappa shape index (κ2) is 5.79. The van der Waals surface area contributed by atoms with E-state index < -0.39 is 12.0 Å². The summed E-state index contributed by atoms with van der Waals surface area (Å²) in [6.45, 7) is 6.64. The van der Waals surface area contributed by atoms with E-state index in [0.717, 1.165) is 44.9 Å². The van der Waals surface area contributed by atoms with Crippen LogP contribution in [-0.2, 0) is 4.79 Å².